The van der Waals surface area contributed by atoms with Gasteiger partial charge in [-0.15, -0.1) is 5.11 Å². The lowest BCUT2D eigenvalue weighted by molar-refractivity contribution is -0.384. The maximum Gasteiger partial charge on any atom is 0.271 e. The normalized spacial score (nSPS) is 11.1. The summed E-state index contributed by atoms with van der Waals surface area (Å²) >= 11 is 6.00. The third kappa shape index (κ3) is 4.98. The highest BCUT2D eigenvalue weighted by atomic mass is 35.5. The van der Waals surface area contributed by atoms with Crippen LogP contribution in [0.3, 0.4) is 0 Å². The Morgan fingerprint density at radius 1 is 1.08 bits per heavy atom. The average Bonchev–Trinajstić information content (AvgIpc) is 2.61. The van der Waals surface area contributed by atoms with Gasteiger partial charge in [-0.25, -0.2) is 0 Å². The topological polar surface area (TPSA) is 112 Å². The number of hydrogen-bond acceptors (Lipinski definition) is 7. The summed E-state index contributed by atoms with van der Waals surface area (Å²) in [6.45, 7) is 2.67. The lowest BCUT2D eigenvalue weighted by Gasteiger charge is -2.23. The van der Waals surface area contributed by atoms with Crippen LogP contribution in [-0.2, 0) is 0 Å². The Bertz CT molecular complexity index is 807. The molecule has 0 fully saturated rings. The van der Waals surface area contributed by atoms with E-state index in [0.717, 1.165) is 11.3 Å². The first kappa shape index (κ1) is 19.8. The van der Waals surface area contributed by atoms with Crippen LogP contribution in [0.15, 0.2) is 46.6 Å². The van der Waals surface area contributed by atoms with Gasteiger partial charge in [0.25, 0.3) is 5.69 Å². The fourth-order valence-electron chi connectivity index (χ4n) is 2.36. The predicted octanol–water partition coefficient (Wildman–Crippen LogP) is 3.76. The van der Waals surface area contributed by atoms with Crippen LogP contribution in [0.5, 0.6) is 0 Å². The van der Waals surface area contributed by atoms with Crippen LogP contribution in [0, 0.1) is 17.0 Å². The highest BCUT2D eigenvalue weighted by Gasteiger charge is 2.10. The second-order valence-corrected chi connectivity index (χ2v) is 5.91. The fourth-order valence-corrected chi connectivity index (χ4v) is 2.57. The molecule has 0 spiro atoms. The lowest BCUT2D eigenvalue weighted by atomic mass is 10.1. The first-order chi connectivity index (χ1) is 12.5. The van der Waals surface area contributed by atoms with Crippen molar-refractivity contribution in [1.29, 1.82) is 0 Å². The number of nitrogens with zero attached hydrogens (tertiary/aromatic N) is 4. The molecule has 0 saturated heterocycles. The van der Waals surface area contributed by atoms with Gasteiger partial charge in [-0.2, -0.15) is 5.11 Å². The quantitative estimate of drug-likeness (QED) is 0.412. The van der Waals surface area contributed by atoms with Gasteiger partial charge in [0.2, 0.25) is 0 Å². The van der Waals surface area contributed by atoms with Crippen molar-refractivity contribution in [2.45, 2.75) is 6.92 Å². The fraction of sp³-hybridized carbons (Fsp3) is 0.294. The summed E-state index contributed by atoms with van der Waals surface area (Å²) in [7, 11) is 0. The highest BCUT2D eigenvalue weighted by molar-refractivity contribution is 6.33. The molecule has 0 aliphatic heterocycles. The van der Waals surface area contributed by atoms with Gasteiger partial charge < -0.3 is 15.1 Å². The molecule has 0 radical (unpaired) electrons. The first-order valence-electron chi connectivity index (χ1n) is 7.89. The summed E-state index contributed by atoms with van der Waals surface area (Å²) in [5.74, 6) is 0. The number of nitro benzene ring substituents is 1. The summed E-state index contributed by atoms with van der Waals surface area (Å²) in [4.78, 5) is 12.1. The minimum absolute atomic E-state index is 0.0147. The zero-order valence-corrected chi connectivity index (χ0v) is 14.9. The standard InChI is InChI=1S/C17H19ClN4O4/c1-12-10-13(21(6-8-23)7-9-24)2-4-16(12)19-20-17-5-3-14(22(25)26)11-15(17)18/h2-5,10-11,23-24H,6-9H2,1H3/b20-19+. The monoisotopic (exact) mass is 378 g/mol. The van der Waals surface area contributed by atoms with Gasteiger partial charge in [0.1, 0.15) is 5.69 Å². The molecule has 138 valence electrons. The minimum Gasteiger partial charge on any atom is -0.395 e. The number of aryl methyl sites for hydroxylation is 1. The molecule has 2 aromatic carbocycles. The van der Waals surface area contributed by atoms with Crippen molar-refractivity contribution in [2.24, 2.45) is 10.2 Å². The molecule has 2 aromatic rings. The molecular weight excluding hydrogens is 360 g/mol. The van der Waals surface area contributed by atoms with Gasteiger partial charge in [0, 0.05) is 30.9 Å². The molecule has 0 atom stereocenters. The molecule has 0 heterocycles. The summed E-state index contributed by atoms with van der Waals surface area (Å²) in [5.41, 5.74) is 2.56. The molecule has 0 amide bonds. The van der Waals surface area contributed by atoms with Gasteiger partial charge >= 0.3 is 0 Å². The van der Waals surface area contributed by atoms with Crippen LogP contribution in [0.2, 0.25) is 5.02 Å². The minimum atomic E-state index is -0.528. The van der Waals surface area contributed by atoms with E-state index in [1.165, 1.54) is 18.2 Å². The Morgan fingerprint density at radius 2 is 1.69 bits per heavy atom. The molecule has 0 aliphatic rings. The van der Waals surface area contributed by atoms with Crippen LogP contribution in [0.25, 0.3) is 0 Å². The summed E-state index contributed by atoms with van der Waals surface area (Å²) < 4.78 is 0. The van der Waals surface area contributed by atoms with Crippen molar-refractivity contribution < 1.29 is 15.1 Å². The lowest BCUT2D eigenvalue weighted by Crippen LogP contribution is -2.29. The van der Waals surface area contributed by atoms with E-state index >= 15 is 0 Å². The molecule has 0 aliphatic carbocycles. The van der Waals surface area contributed by atoms with Crippen molar-refractivity contribution >= 4 is 34.4 Å². The summed E-state index contributed by atoms with van der Waals surface area (Å²) in [6, 6.07) is 9.47. The van der Waals surface area contributed by atoms with E-state index in [4.69, 9.17) is 21.8 Å². The number of anilines is 1. The van der Waals surface area contributed by atoms with Crippen LogP contribution < -0.4 is 4.90 Å². The second kappa shape index (κ2) is 9.23. The number of non-ortho nitro benzene ring substituents is 1. The third-order valence-electron chi connectivity index (χ3n) is 3.69. The van der Waals surface area contributed by atoms with Crippen LogP contribution >= 0.6 is 11.6 Å². The second-order valence-electron chi connectivity index (χ2n) is 5.50. The number of benzene rings is 2. The van der Waals surface area contributed by atoms with Crippen LogP contribution in [0.4, 0.5) is 22.7 Å². The van der Waals surface area contributed by atoms with Gasteiger partial charge in [0.15, 0.2) is 0 Å². The Hall–Kier alpha value is -2.55. The largest absolute Gasteiger partial charge is 0.395 e. The molecular formula is C17H19ClN4O4. The molecule has 0 saturated carbocycles. The van der Waals surface area contributed by atoms with Crippen molar-refractivity contribution in [2.75, 3.05) is 31.2 Å². The van der Waals surface area contributed by atoms with E-state index in [2.05, 4.69) is 10.2 Å². The average molecular weight is 379 g/mol. The van der Waals surface area contributed by atoms with E-state index in [1.54, 1.807) is 6.07 Å². The van der Waals surface area contributed by atoms with E-state index < -0.39 is 4.92 Å². The van der Waals surface area contributed by atoms with E-state index in [9.17, 15) is 10.1 Å². The van der Waals surface area contributed by atoms with Gasteiger partial charge in [-0.05, 0) is 36.8 Å². The maximum atomic E-state index is 10.7. The molecule has 0 aromatic heterocycles. The molecule has 9 heteroatoms. The highest BCUT2D eigenvalue weighted by Crippen LogP contribution is 2.31. The van der Waals surface area contributed by atoms with Crippen molar-refractivity contribution in [3.63, 3.8) is 0 Å². The molecule has 0 bridgehead atoms. The number of azo groups is 1. The number of rotatable bonds is 8. The van der Waals surface area contributed by atoms with E-state index in [1.807, 2.05) is 24.0 Å². The smallest absolute Gasteiger partial charge is 0.271 e. The van der Waals surface area contributed by atoms with Crippen LogP contribution in [0.1, 0.15) is 5.56 Å². The predicted molar refractivity (Wildman–Crippen MR) is 99.8 cm³/mol. The molecule has 8 nitrogen and oxygen atoms in total. The summed E-state index contributed by atoms with van der Waals surface area (Å²) in [6.07, 6.45) is 0. The Morgan fingerprint density at radius 3 is 2.23 bits per heavy atom. The van der Waals surface area contributed by atoms with Crippen molar-refractivity contribution in [3.05, 3.63) is 57.1 Å². The van der Waals surface area contributed by atoms with Crippen LogP contribution in [-0.4, -0.2) is 41.4 Å². The van der Waals surface area contributed by atoms with Gasteiger partial charge in [-0.1, -0.05) is 11.6 Å². The number of hydrogen-bond donors (Lipinski definition) is 2. The number of aliphatic hydroxyl groups is 2. The zero-order chi connectivity index (χ0) is 19.1. The number of halogens is 1. The van der Waals surface area contributed by atoms with E-state index in [-0.39, 0.29) is 23.9 Å². The maximum absolute atomic E-state index is 10.7. The van der Waals surface area contributed by atoms with E-state index in [0.29, 0.717) is 24.5 Å². The Kier molecular flexibility index (Phi) is 7.02. The zero-order valence-electron chi connectivity index (χ0n) is 14.2. The molecule has 26 heavy (non-hydrogen) atoms. The number of nitro groups is 1. The van der Waals surface area contributed by atoms with Crippen molar-refractivity contribution in [1.82, 2.24) is 0 Å². The molecule has 0 unspecified atom stereocenters. The van der Waals surface area contributed by atoms with Gasteiger partial charge in [0.05, 0.1) is 28.8 Å². The first-order valence-corrected chi connectivity index (χ1v) is 8.27. The summed E-state index contributed by atoms with van der Waals surface area (Å²) in [5, 5.41) is 37.3. The Labute approximate surface area is 155 Å². The van der Waals surface area contributed by atoms with Gasteiger partial charge in [-0.3, -0.25) is 10.1 Å². The number of aliphatic hydroxyl groups excluding tert-OH is 2. The Balaban J connectivity index is 2.22. The SMILES string of the molecule is Cc1cc(N(CCO)CCO)ccc1/N=N/c1ccc([N+](=O)[O-])cc1Cl. The molecule has 2 N–H and O–H groups in total. The van der Waals surface area contributed by atoms with Crippen molar-refractivity contribution in [3.8, 4) is 0 Å². The third-order valence-corrected chi connectivity index (χ3v) is 4.00. The molecule has 2 rings (SSSR count).